The Morgan fingerprint density at radius 3 is 2.83 bits per heavy atom. The molecule has 1 aliphatic rings. The summed E-state index contributed by atoms with van der Waals surface area (Å²) in [7, 11) is 0. The third kappa shape index (κ3) is 3.37. The molecule has 0 aliphatic heterocycles. The molecule has 0 atom stereocenters. The highest BCUT2D eigenvalue weighted by atomic mass is 16.5. The highest BCUT2D eigenvalue weighted by Gasteiger charge is 2.41. The molecular weight excluding hydrogens is 224 g/mol. The van der Waals surface area contributed by atoms with E-state index in [4.69, 9.17) is 4.74 Å². The van der Waals surface area contributed by atoms with Crippen molar-refractivity contribution < 1.29 is 4.74 Å². The number of rotatable bonds is 7. The van der Waals surface area contributed by atoms with E-state index in [9.17, 15) is 0 Å². The van der Waals surface area contributed by atoms with Crippen molar-refractivity contribution in [1.82, 2.24) is 4.98 Å². The molecule has 100 valence electrons. The standard InChI is InChI=1S/C15H24N2O/c1-4-7-15(8-9-15)11-17-14-13(18-12(2)3)6-5-10-16-14/h5-6,10,12H,4,7-9,11H2,1-3H3,(H,16,17). The summed E-state index contributed by atoms with van der Waals surface area (Å²) in [5.41, 5.74) is 0.529. The second kappa shape index (κ2) is 5.59. The molecule has 0 bridgehead atoms. The number of nitrogens with one attached hydrogen (secondary N) is 1. The first-order chi connectivity index (χ1) is 8.65. The molecule has 0 amide bonds. The first kappa shape index (κ1) is 13.2. The van der Waals surface area contributed by atoms with Gasteiger partial charge in [0.15, 0.2) is 11.6 Å². The lowest BCUT2D eigenvalue weighted by Crippen LogP contribution is -2.17. The average molecular weight is 248 g/mol. The normalized spacial score (nSPS) is 16.7. The Balaban J connectivity index is 1.96. The lowest BCUT2D eigenvalue weighted by molar-refractivity contribution is 0.242. The van der Waals surface area contributed by atoms with Gasteiger partial charge < -0.3 is 10.1 Å². The molecule has 0 radical (unpaired) electrons. The third-order valence-corrected chi connectivity index (χ3v) is 3.50. The third-order valence-electron chi connectivity index (χ3n) is 3.50. The number of hydrogen-bond donors (Lipinski definition) is 1. The van der Waals surface area contributed by atoms with E-state index in [1.165, 1.54) is 25.7 Å². The van der Waals surface area contributed by atoms with Gasteiger partial charge in [0.25, 0.3) is 0 Å². The maximum atomic E-state index is 5.77. The van der Waals surface area contributed by atoms with Crippen LogP contribution in [0, 0.1) is 5.41 Å². The number of aromatic nitrogens is 1. The SMILES string of the molecule is CCCC1(CNc2ncccc2OC(C)C)CC1. The molecule has 1 N–H and O–H groups in total. The van der Waals surface area contributed by atoms with Gasteiger partial charge in [-0.3, -0.25) is 0 Å². The molecule has 1 aromatic rings. The largest absolute Gasteiger partial charge is 0.487 e. The van der Waals surface area contributed by atoms with Crippen molar-refractivity contribution in [3.05, 3.63) is 18.3 Å². The molecule has 18 heavy (non-hydrogen) atoms. The van der Waals surface area contributed by atoms with Crippen LogP contribution in [0.25, 0.3) is 0 Å². The van der Waals surface area contributed by atoms with Crippen molar-refractivity contribution in [3.8, 4) is 5.75 Å². The van der Waals surface area contributed by atoms with E-state index in [0.29, 0.717) is 5.41 Å². The molecule has 1 fully saturated rings. The highest BCUT2D eigenvalue weighted by molar-refractivity contribution is 5.49. The van der Waals surface area contributed by atoms with Crippen molar-refractivity contribution in [1.29, 1.82) is 0 Å². The van der Waals surface area contributed by atoms with Gasteiger partial charge >= 0.3 is 0 Å². The van der Waals surface area contributed by atoms with Gasteiger partial charge in [0.05, 0.1) is 6.10 Å². The first-order valence-electron chi connectivity index (χ1n) is 7.01. The van der Waals surface area contributed by atoms with Crippen LogP contribution in [-0.4, -0.2) is 17.6 Å². The lowest BCUT2D eigenvalue weighted by atomic mass is 10.0. The maximum absolute atomic E-state index is 5.77. The van der Waals surface area contributed by atoms with Crippen LogP contribution in [0.5, 0.6) is 5.75 Å². The van der Waals surface area contributed by atoms with Crippen LogP contribution in [0.15, 0.2) is 18.3 Å². The fourth-order valence-electron chi connectivity index (χ4n) is 2.37. The van der Waals surface area contributed by atoms with Gasteiger partial charge in [0.1, 0.15) is 0 Å². The molecule has 0 aromatic carbocycles. The summed E-state index contributed by atoms with van der Waals surface area (Å²) in [5, 5.41) is 3.47. The topological polar surface area (TPSA) is 34.2 Å². The van der Waals surface area contributed by atoms with Crippen LogP contribution >= 0.6 is 0 Å². The van der Waals surface area contributed by atoms with E-state index >= 15 is 0 Å². The van der Waals surface area contributed by atoms with Crippen molar-refractivity contribution in [2.45, 2.75) is 52.6 Å². The molecule has 1 aromatic heterocycles. The van der Waals surface area contributed by atoms with E-state index in [0.717, 1.165) is 18.1 Å². The van der Waals surface area contributed by atoms with Gasteiger partial charge in [-0.05, 0) is 50.7 Å². The predicted molar refractivity (Wildman–Crippen MR) is 75.1 cm³/mol. The Morgan fingerprint density at radius 1 is 1.44 bits per heavy atom. The van der Waals surface area contributed by atoms with Crippen LogP contribution in [0.1, 0.15) is 46.5 Å². The zero-order chi connectivity index (χ0) is 13.0. The van der Waals surface area contributed by atoms with Crippen LogP contribution < -0.4 is 10.1 Å². The molecule has 1 saturated carbocycles. The number of anilines is 1. The minimum atomic E-state index is 0.181. The monoisotopic (exact) mass is 248 g/mol. The van der Waals surface area contributed by atoms with Gasteiger partial charge in [0.2, 0.25) is 0 Å². The summed E-state index contributed by atoms with van der Waals surface area (Å²) in [5.74, 6) is 1.74. The number of pyridine rings is 1. The van der Waals surface area contributed by atoms with Gasteiger partial charge in [0, 0.05) is 12.7 Å². The van der Waals surface area contributed by atoms with Crippen LogP contribution in [0.2, 0.25) is 0 Å². The van der Waals surface area contributed by atoms with Crippen LogP contribution in [0.4, 0.5) is 5.82 Å². The van der Waals surface area contributed by atoms with Crippen molar-refractivity contribution >= 4 is 5.82 Å². The molecule has 3 nitrogen and oxygen atoms in total. The molecular formula is C15H24N2O. The summed E-state index contributed by atoms with van der Waals surface area (Å²) >= 11 is 0. The molecule has 3 heteroatoms. The molecule has 0 saturated heterocycles. The highest BCUT2D eigenvalue weighted by Crippen LogP contribution is 2.49. The minimum Gasteiger partial charge on any atom is -0.487 e. The summed E-state index contributed by atoms with van der Waals surface area (Å²) in [6.45, 7) is 7.35. The van der Waals surface area contributed by atoms with E-state index in [1.54, 1.807) is 0 Å². The first-order valence-corrected chi connectivity index (χ1v) is 7.01. The van der Waals surface area contributed by atoms with E-state index < -0.39 is 0 Å². The zero-order valence-corrected chi connectivity index (χ0v) is 11.7. The molecule has 1 heterocycles. The fraction of sp³-hybridized carbons (Fsp3) is 0.667. The lowest BCUT2D eigenvalue weighted by Gasteiger charge is -2.18. The Bertz CT molecular complexity index is 386. The van der Waals surface area contributed by atoms with E-state index in [2.05, 4.69) is 17.2 Å². The second-order valence-corrected chi connectivity index (χ2v) is 5.62. The Kier molecular flexibility index (Phi) is 4.10. The van der Waals surface area contributed by atoms with Crippen molar-refractivity contribution in [2.75, 3.05) is 11.9 Å². The number of nitrogens with zero attached hydrogens (tertiary/aromatic N) is 1. The summed E-state index contributed by atoms with van der Waals surface area (Å²) in [6, 6.07) is 3.90. The summed E-state index contributed by atoms with van der Waals surface area (Å²) in [4.78, 5) is 4.39. The minimum absolute atomic E-state index is 0.181. The average Bonchev–Trinajstić information content (AvgIpc) is 3.08. The van der Waals surface area contributed by atoms with Gasteiger partial charge in [-0.1, -0.05) is 13.3 Å². The summed E-state index contributed by atoms with van der Waals surface area (Å²) in [6.07, 6.45) is 7.27. The van der Waals surface area contributed by atoms with Crippen molar-refractivity contribution in [2.24, 2.45) is 5.41 Å². The van der Waals surface area contributed by atoms with Crippen LogP contribution in [0.3, 0.4) is 0 Å². The van der Waals surface area contributed by atoms with Gasteiger partial charge in [-0.25, -0.2) is 4.98 Å². The Hall–Kier alpha value is -1.25. The zero-order valence-electron chi connectivity index (χ0n) is 11.7. The number of hydrogen-bond acceptors (Lipinski definition) is 3. The van der Waals surface area contributed by atoms with E-state index in [-0.39, 0.29) is 6.10 Å². The maximum Gasteiger partial charge on any atom is 0.168 e. The quantitative estimate of drug-likeness (QED) is 0.795. The fourth-order valence-corrected chi connectivity index (χ4v) is 2.37. The molecule has 1 aliphatic carbocycles. The van der Waals surface area contributed by atoms with Gasteiger partial charge in [-0.15, -0.1) is 0 Å². The van der Waals surface area contributed by atoms with E-state index in [1.807, 2.05) is 32.2 Å². The summed E-state index contributed by atoms with van der Waals surface area (Å²) < 4.78 is 5.77. The molecule has 2 rings (SSSR count). The Morgan fingerprint density at radius 2 is 2.22 bits per heavy atom. The smallest absolute Gasteiger partial charge is 0.168 e. The molecule has 0 unspecified atom stereocenters. The second-order valence-electron chi connectivity index (χ2n) is 5.62. The van der Waals surface area contributed by atoms with Gasteiger partial charge in [-0.2, -0.15) is 0 Å². The van der Waals surface area contributed by atoms with Crippen LogP contribution in [-0.2, 0) is 0 Å². The van der Waals surface area contributed by atoms with Crippen molar-refractivity contribution in [3.63, 3.8) is 0 Å². The Labute approximate surface area is 110 Å². The predicted octanol–water partition coefficient (Wildman–Crippen LogP) is 3.86. The molecule has 0 spiro atoms. The number of ether oxygens (including phenoxy) is 1.